The first-order chi connectivity index (χ1) is 8.16. The summed E-state index contributed by atoms with van der Waals surface area (Å²) in [6.07, 6.45) is 3.55. The van der Waals surface area contributed by atoms with Crippen molar-refractivity contribution in [3.63, 3.8) is 0 Å². The smallest absolute Gasteiger partial charge is 0.231 e. The molecule has 0 fully saturated rings. The van der Waals surface area contributed by atoms with Crippen LogP contribution in [0.15, 0.2) is 48.8 Å². The molecule has 1 aromatic heterocycles. The van der Waals surface area contributed by atoms with Crippen LogP contribution in [0.4, 0.5) is 0 Å². The maximum Gasteiger partial charge on any atom is 0.231 e. The molecule has 0 atom stereocenters. The lowest BCUT2D eigenvalue weighted by Gasteiger charge is -2.02. The van der Waals surface area contributed by atoms with Crippen molar-refractivity contribution in [1.82, 2.24) is 0 Å². The quantitative estimate of drug-likeness (QED) is 0.390. The maximum absolute atomic E-state index is 11.9. The van der Waals surface area contributed by atoms with Crippen molar-refractivity contribution in [2.45, 2.75) is 6.54 Å². The average molecular weight is 357 g/mol. The Morgan fingerprint density at radius 3 is 2.39 bits per heavy atom. The minimum Gasteiger partial charge on any atom is -1.00 e. The Bertz CT molecular complexity index is 543. The summed E-state index contributed by atoms with van der Waals surface area (Å²) in [5, 5.41) is 18.7. The van der Waals surface area contributed by atoms with Gasteiger partial charge in [0.2, 0.25) is 12.3 Å². The van der Waals surface area contributed by atoms with Gasteiger partial charge in [-0.05, 0) is 12.1 Å². The van der Waals surface area contributed by atoms with Gasteiger partial charge in [-0.1, -0.05) is 6.07 Å². The molecule has 94 valence electrons. The first kappa shape index (κ1) is 14.4. The lowest BCUT2D eigenvalue weighted by atomic mass is 10.1. The summed E-state index contributed by atoms with van der Waals surface area (Å²) in [7, 11) is 0. The SMILES string of the molecule is O=C(C[n+]1ccccc1)c1ccc(O)cc1O.[I-]. The molecule has 5 heteroatoms. The zero-order chi connectivity index (χ0) is 12.3. The number of hydrogen-bond donors (Lipinski definition) is 2. The number of phenols is 2. The second-order valence-corrected chi connectivity index (χ2v) is 3.67. The normalized spacial score (nSPS) is 9.56. The molecule has 1 aromatic carbocycles. The van der Waals surface area contributed by atoms with Gasteiger partial charge in [0.15, 0.2) is 12.4 Å². The Kier molecular flexibility index (Phi) is 5.08. The largest absolute Gasteiger partial charge is 1.00 e. The summed E-state index contributed by atoms with van der Waals surface area (Å²) in [6.45, 7) is 0.152. The monoisotopic (exact) mass is 357 g/mol. The molecule has 18 heavy (non-hydrogen) atoms. The number of rotatable bonds is 3. The topological polar surface area (TPSA) is 61.4 Å². The van der Waals surface area contributed by atoms with Gasteiger partial charge in [-0.3, -0.25) is 4.79 Å². The van der Waals surface area contributed by atoms with E-state index < -0.39 is 0 Å². The summed E-state index contributed by atoms with van der Waals surface area (Å²) in [4.78, 5) is 11.9. The van der Waals surface area contributed by atoms with Crippen LogP contribution in [0, 0.1) is 0 Å². The van der Waals surface area contributed by atoms with E-state index in [1.165, 1.54) is 12.1 Å². The number of benzene rings is 1. The van der Waals surface area contributed by atoms with E-state index in [2.05, 4.69) is 0 Å². The predicted octanol–water partition coefficient (Wildman–Crippen LogP) is -1.73. The summed E-state index contributed by atoms with van der Waals surface area (Å²) in [6, 6.07) is 9.45. The van der Waals surface area contributed by atoms with E-state index in [0.717, 1.165) is 6.07 Å². The summed E-state index contributed by atoms with van der Waals surface area (Å²) >= 11 is 0. The fourth-order valence-electron chi connectivity index (χ4n) is 1.55. The number of carbonyl (C=O) groups is 1. The molecule has 0 radical (unpaired) electrons. The molecule has 0 saturated carbocycles. The fourth-order valence-corrected chi connectivity index (χ4v) is 1.55. The third kappa shape index (κ3) is 3.43. The van der Waals surface area contributed by atoms with Crippen LogP contribution >= 0.6 is 0 Å². The lowest BCUT2D eigenvalue weighted by molar-refractivity contribution is -0.683. The lowest BCUT2D eigenvalue weighted by Crippen LogP contribution is -3.00. The molecule has 2 rings (SSSR count). The Balaban J connectivity index is 0.00000162. The molecule has 0 bridgehead atoms. The Morgan fingerprint density at radius 2 is 1.78 bits per heavy atom. The van der Waals surface area contributed by atoms with Crippen molar-refractivity contribution >= 4 is 5.78 Å². The number of Topliss-reactive ketones (excluding diaryl/α,β-unsaturated/α-hetero) is 1. The fraction of sp³-hybridized carbons (Fsp3) is 0.0769. The predicted molar refractivity (Wildman–Crippen MR) is 60.7 cm³/mol. The minimum atomic E-state index is -0.210. The van der Waals surface area contributed by atoms with E-state index in [9.17, 15) is 9.90 Å². The Labute approximate surface area is 122 Å². The molecule has 2 aromatic rings. The molecule has 2 N–H and O–H groups in total. The van der Waals surface area contributed by atoms with Gasteiger partial charge in [0.05, 0.1) is 5.56 Å². The summed E-state index contributed by atoms with van der Waals surface area (Å²) in [5.41, 5.74) is 0.208. The number of phenolic OH excluding ortho intramolecular Hbond substituents is 2. The number of aromatic hydroxyl groups is 2. The zero-order valence-electron chi connectivity index (χ0n) is 9.45. The van der Waals surface area contributed by atoms with Crippen LogP contribution in [0.1, 0.15) is 10.4 Å². The highest BCUT2D eigenvalue weighted by atomic mass is 127. The van der Waals surface area contributed by atoms with E-state index >= 15 is 0 Å². The van der Waals surface area contributed by atoms with Crippen molar-refractivity contribution in [2.75, 3.05) is 0 Å². The number of carbonyl (C=O) groups excluding carboxylic acids is 1. The first-order valence-corrected chi connectivity index (χ1v) is 5.16. The Hall–Kier alpha value is -1.63. The van der Waals surface area contributed by atoms with E-state index in [0.29, 0.717) is 0 Å². The number of ketones is 1. The third-order valence-electron chi connectivity index (χ3n) is 2.39. The number of halogens is 1. The molecule has 0 unspecified atom stereocenters. The Morgan fingerprint density at radius 1 is 1.11 bits per heavy atom. The van der Waals surface area contributed by atoms with Crippen molar-refractivity contribution in [2.24, 2.45) is 0 Å². The zero-order valence-corrected chi connectivity index (χ0v) is 11.6. The van der Waals surface area contributed by atoms with Gasteiger partial charge in [-0.25, -0.2) is 0 Å². The standard InChI is InChI=1S/C13H11NO3.HI/c15-10-4-5-11(12(16)8-10)13(17)9-14-6-2-1-3-7-14;/h1-8H,9H2,(H-,15,16,17);1H. The van der Waals surface area contributed by atoms with Crippen LogP contribution in [-0.4, -0.2) is 16.0 Å². The van der Waals surface area contributed by atoms with Gasteiger partial charge in [0, 0.05) is 18.2 Å². The average Bonchev–Trinajstić information content (AvgIpc) is 2.30. The number of hydrogen-bond acceptors (Lipinski definition) is 3. The van der Waals surface area contributed by atoms with Gasteiger partial charge in [0.25, 0.3) is 0 Å². The van der Waals surface area contributed by atoms with E-state index in [-0.39, 0.29) is 53.4 Å². The summed E-state index contributed by atoms with van der Waals surface area (Å²) in [5.74, 6) is -0.475. The molecule has 0 aliphatic heterocycles. The number of pyridine rings is 1. The number of nitrogens with zero attached hydrogens (tertiary/aromatic N) is 1. The van der Waals surface area contributed by atoms with Crippen molar-refractivity contribution in [3.05, 3.63) is 54.4 Å². The van der Waals surface area contributed by atoms with Crippen molar-refractivity contribution in [1.29, 1.82) is 0 Å². The van der Waals surface area contributed by atoms with Gasteiger partial charge in [-0.2, -0.15) is 4.57 Å². The molecule has 0 aliphatic rings. The minimum absolute atomic E-state index is 0. The van der Waals surface area contributed by atoms with Crippen molar-refractivity contribution in [3.8, 4) is 11.5 Å². The van der Waals surface area contributed by atoms with Crippen LogP contribution in [0.2, 0.25) is 0 Å². The number of aromatic nitrogens is 1. The van der Waals surface area contributed by atoms with E-state index in [4.69, 9.17) is 5.11 Å². The first-order valence-electron chi connectivity index (χ1n) is 5.16. The van der Waals surface area contributed by atoms with Crippen LogP contribution in [0.5, 0.6) is 11.5 Å². The molecule has 0 saturated heterocycles. The van der Waals surface area contributed by atoms with Gasteiger partial charge < -0.3 is 34.2 Å². The van der Waals surface area contributed by atoms with Crippen molar-refractivity contribution < 1.29 is 43.6 Å². The molecular formula is C13H12INO3. The van der Waals surface area contributed by atoms with Gasteiger partial charge >= 0.3 is 0 Å². The van der Waals surface area contributed by atoms with E-state index in [1.54, 1.807) is 17.0 Å². The molecule has 0 amide bonds. The van der Waals surface area contributed by atoms with Crippen LogP contribution in [0.25, 0.3) is 0 Å². The van der Waals surface area contributed by atoms with Gasteiger partial charge in [0.1, 0.15) is 11.5 Å². The van der Waals surface area contributed by atoms with E-state index in [1.807, 2.05) is 18.2 Å². The van der Waals surface area contributed by atoms with Crippen LogP contribution in [0.3, 0.4) is 0 Å². The molecule has 4 nitrogen and oxygen atoms in total. The highest BCUT2D eigenvalue weighted by Gasteiger charge is 2.15. The van der Waals surface area contributed by atoms with Crippen LogP contribution in [-0.2, 0) is 6.54 Å². The van der Waals surface area contributed by atoms with Gasteiger partial charge in [-0.15, -0.1) is 0 Å². The second-order valence-electron chi connectivity index (χ2n) is 3.67. The molecular weight excluding hydrogens is 345 g/mol. The highest BCUT2D eigenvalue weighted by molar-refractivity contribution is 5.97. The molecule has 1 heterocycles. The van der Waals surface area contributed by atoms with Crippen LogP contribution < -0.4 is 28.5 Å². The molecule has 0 aliphatic carbocycles. The summed E-state index contributed by atoms with van der Waals surface area (Å²) < 4.78 is 1.72. The third-order valence-corrected chi connectivity index (χ3v) is 2.39. The highest BCUT2D eigenvalue weighted by Crippen LogP contribution is 2.22. The second kappa shape index (κ2) is 6.34. The molecule has 0 spiro atoms. The maximum atomic E-state index is 11.9.